The van der Waals surface area contributed by atoms with Crippen molar-refractivity contribution in [2.75, 3.05) is 4.90 Å². The number of rotatable bonds is 2. The van der Waals surface area contributed by atoms with E-state index >= 15 is 0 Å². The van der Waals surface area contributed by atoms with Crippen LogP contribution >= 0.6 is 11.6 Å². The topological polar surface area (TPSA) is 80.5 Å². The van der Waals surface area contributed by atoms with Crippen molar-refractivity contribution in [1.29, 1.82) is 0 Å². The summed E-state index contributed by atoms with van der Waals surface area (Å²) in [5.74, 6) is -1.77. The molecule has 6 heteroatoms. The van der Waals surface area contributed by atoms with Crippen molar-refractivity contribution in [3.05, 3.63) is 40.9 Å². The van der Waals surface area contributed by atoms with Crippen LogP contribution in [-0.4, -0.2) is 17.7 Å². The second-order valence-corrected chi connectivity index (χ2v) is 5.60. The number of anilines is 1. The molecule has 2 aliphatic rings. The van der Waals surface area contributed by atoms with Gasteiger partial charge in [0.25, 0.3) is 0 Å². The molecule has 0 bridgehead atoms. The fourth-order valence-electron chi connectivity index (χ4n) is 2.90. The number of halogens is 1. The van der Waals surface area contributed by atoms with E-state index in [0.717, 1.165) is 4.90 Å². The molecule has 0 aromatic heterocycles. The maximum Gasteiger partial charge on any atom is 0.250 e. The number of carbonyl (C=O) groups is 3. The van der Waals surface area contributed by atoms with Crippen molar-refractivity contribution in [2.24, 2.45) is 17.6 Å². The highest BCUT2D eigenvalue weighted by atomic mass is 35.5. The van der Waals surface area contributed by atoms with Gasteiger partial charge < -0.3 is 5.73 Å². The Bertz CT molecular complexity index is 657. The molecule has 0 saturated carbocycles. The number of hydrogen-bond donors (Lipinski definition) is 1. The van der Waals surface area contributed by atoms with Crippen molar-refractivity contribution in [3.8, 4) is 0 Å². The number of hydrogen-bond acceptors (Lipinski definition) is 3. The summed E-state index contributed by atoms with van der Waals surface area (Å²) < 4.78 is 0. The largest absolute Gasteiger partial charge is 0.366 e. The number of amides is 3. The average molecular weight is 305 g/mol. The van der Waals surface area contributed by atoms with Crippen molar-refractivity contribution in [2.45, 2.75) is 12.8 Å². The van der Waals surface area contributed by atoms with Crippen LogP contribution < -0.4 is 10.6 Å². The van der Waals surface area contributed by atoms with Gasteiger partial charge in [-0.3, -0.25) is 19.3 Å². The molecular formula is C15H13ClN2O3. The molecule has 1 fully saturated rings. The number of nitrogens with two attached hydrogens (primary N) is 1. The average Bonchev–Trinajstić information content (AvgIpc) is 2.72. The van der Waals surface area contributed by atoms with Gasteiger partial charge in [0.05, 0.1) is 28.1 Å². The summed E-state index contributed by atoms with van der Waals surface area (Å²) in [6.07, 6.45) is 4.99. The van der Waals surface area contributed by atoms with E-state index in [4.69, 9.17) is 17.3 Å². The summed E-state index contributed by atoms with van der Waals surface area (Å²) in [6.45, 7) is 0. The van der Waals surface area contributed by atoms with Crippen LogP contribution in [0.15, 0.2) is 30.4 Å². The molecule has 2 N–H and O–H groups in total. The van der Waals surface area contributed by atoms with E-state index in [1.54, 1.807) is 6.07 Å². The lowest BCUT2D eigenvalue weighted by Gasteiger charge is -2.16. The van der Waals surface area contributed by atoms with Crippen LogP contribution in [0.25, 0.3) is 0 Å². The van der Waals surface area contributed by atoms with E-state index in [1.165, 1.54) is 12.1 Å². The molecule has 1 heterocycles. The number of carbonyl (C=O) groups excluding carboxylic acids is 3. The minimum Gasteiger partial charge on any atom is -0.366 e. The standard InChI is InChI=1S/C15H13ClN2O3/c16-12-6-5-8(7-11(12)13(17)19)18-14(20)9-3-1-2-4-10(9)15(18)21/h1-2,5-7,9-10H,3-4H2,(H2,17,19)/t9-,10-/m1/s1. The fraction of sp³-hybridized carbons (Fsp3) is 0.267. The molecule has 108 valence electrons. The van der Waals surface area contributed by atoms with Gasteiger partial charge >= 0.3 is 0 Å². The van der Waals surface area contributed by atoms with E-state index in [-0.39, 0.29) is 34.2 Å². The second kappa shape index (κ2) is 5.00. The summed E-state index contributed by atoms with van der Waals surface area (Å²) in [5, 5.41) is 0.199. The highest BCUT2D eigenvalue weighted by Gasteiger charge is 2.47. The number of benzene rings is 1. The Hall–Kier alpha value is -2.14. The number of imide groups is 1. The maximum absolute atomic E-state index is 12.4. The summed E-state index contributed by atoms with van der Waals surface area (Å²) in [7, 11) is 0. The lowest BCUT2D eigenvalue weighted by molar-refractivity contribution is -0.122. The first kappa shape index (κ1) is 13.8. The Labute approximate surface area is 126 Å². The van der Waals surface area contributed by atoms with Gasteiger partial charge in [-0.25, -0.2) is 0 Å². The van der Waals surface area contributed by atoms with E-state index in [0.29, 0.717) is 18.5 Å². The van der Waals surface area contributed by atoms with Gasteiger partial charge in [0.15, 0.2) is 0 Å². The molecule has 0 radical (unpaired) electrons. The zero-order chi connectivity index (χ0) is 15.1. The number of fused-ring (bicyclic) bond motifs is 1. The van der Waals surface area contributed by atoms with Gasteiger partial charge in [-0.2, -0.15) is 0 Å². The quantitative estimate of drug-likeness (QED) is 0.669. The maximum atomic E-state index is 12.4. The van der Waals surface area contributed by atoms with E-state index in [2.05, 4.69) is 0 Å². The molecule has 5 nitrogen and oxygen atoms in total. The monoisotopic (exact) mass is 304 g/mol. The number of nitrogens with zero attached hydrogens (tertiary/aromatic N) is 1. The zero-order valence-electron chi connectivity index (χ0n) is 11.1. The lowest BCUT2D eigenvalue weighted by Crippen LogP contribution is -2.31. The molecular weight excluding hydrogens is 292 g/mol. The van der Waals surface area contributed by atoms with Crippen LogP contribution in [0, 0.1) is 11.8 Å². The molecule has 1 aliphatic heterocycles. The van der Waals surface area contributed by atoms with Crippen LogP contribution in [0.1, 0.15) is 23.2 Å². The molecule has 1 aromatic rings. The SMILES string of the molecule is NC(=O)c1cc(N2C(=O)[C@@H]3CC=CC[C@H]3C2=O)ccc1Cl. The third-order valence-electron chi connectivity index (χ3n) is 3.98. The third-order valence-corrected chi connectivity index (χ3v) is 4.31. The summed E-state index contributed by atoms with van der Waals surface area (Å²) in [4.78, 5) is 37.4. The van der Waals surface area contributed by atoms with E-state index in [9.17, 15) is 14.4 Å². The van der Waals surface area contributed by atoms with Gasteiger partial charge in [0, 0.05) is 0 Å². The second-order valence-electron chi connectivity index (χ2n) is 5.20. The normalized spacial score (nSPS) is 24.3. The molecule has 0 unspecified atom stereocenters. The Balaban J connectivity index is 2.01. The Morgan fingerprint density at radius 1 is 1.14 bits per heavy atom. The third kappa shape index (κ3) is 2.14. The lowest BCUT2D eigenvalue weighted by atomic mass is 9.85. The van der Waals surface area contributed by atoms with Crippen LogP contribution in [0.3, 0.4) is 0 Å². The molecule has 1 aromatic carbocycles. The minimum atomic E-state index is -0.694. The Morgan fingerprint density at radius 2 is 1.71 bits per heavy atom. The van der Waals surface area contributed by atoms with Crippen LogP contribution in [0.2, 0.25) is 5.02 Å². The van der Waals surface area contributed by atoms with E-state index in [1.807, 2.05) is 12.2 Å². The van der Waals surface area contributed by atoms with E-state index < -0.39 is 5.91 Å². The molecule has 1 saturated heterocycles. The highest BCUT2D eigenvalue weighted by molar-refractivity contribution is 6.34. The van der Waals surface area contributed by atoms with Crippen molar-refractivity contribution in [3.63, 3.8) is 0 Å². The van der Waals surface area contributed by atoms with Gasteiger partial charge in [0.1, 0.15) is 0 Å². The molecule has 2 atom stereocenters. The first-order valence-corrected chi connectivity index (χ1v) is 7.00. The zero-order valence-corrected chi connectivity index (χ0v) is 11.8. The molecule has 3 amide bonds. The molecule has 3 rings (SSSR count). The van der Waals surface area contributed by atoms with Crippen LogP contribution in [0.4, 0.5) is 5.69 Å². The summed E-state index contributed by atoms with van der Waals surface area (Å²) >= 11 is 5.89. The predicted octanol–water partition coefficient (Wildman–Crippen LogP) is 1.89. The number of primary amides is 1. The Kier molecular flexibility index (Phi) is 3.29. The van der Waals surface area contributed by atoms with Crippen molar-refractivity contribution >= 4 is 35.0 Å². The first-order chi connectivity index (χ1) is 10.0. The van der Waals surface area contributed by atoms with Gasteiger partial charge in [-0.15, -0.1) is 0 Å². The summed E-state index contributed by atoms with van der Waals surface area (Å²) in [5.41, 5.74) is 5.69. The highest BCUT2D eigenvalue weighted by Crippen LogP contribution is 2.38. The van der Waals surface area contributed by atoms with Gasteiger partial charge in [0.2, 0.25) is 17.7 Å². The van der Waals surface area contributed by atoms with Crippen LogP contribution in [-0.2, 0) is 9.59 Å². The predicted molar refractivity (Wildman–Crippen MR) is 77.8 cm³/mol. The molecule has 21 heavy (non-hydrogen) atoms. The molecule has 0 spiro atoms. The van der Waals surface area contributed by atoms with Crippen molar-refractivity contribution in [1.82, 2.24) is 0 Å². The van der Waals surface area contributed by atoms with Crippen molar-refractivity contribution < 1.29 is 14.4 Å². The first-order valence-electron chi connectivity index (χ1n) is 6.63. The van der Waals surface area contributed by atoms with Gasteiger partial charge in [-0.05, 0) is 31.0 Å². The minimum absolute atomic E-state index is 0.0998. The summed E-state index contributed by atoms with van der Waals surface area (Å²) in [6, 6.07) is 4.42. The Morgan fingerprint density at radius 3 is 2.24 bits per heavy atom. The van der Waals surface area contributed by atoms with Crippen LogP contribution in [0.5, 0.6) is 0 Å². The fourth-order valence-corrected chi connectivity index (χ4v) is 3.11. The molecule has 1 aliphatic carbocycles. The number of allylic oxidation sites excluding steroid dienone is 2. The van der Waals surface area contributed by atoms with Gasteiger partial charge in [-0.1, -0.05) is 23.8 Å². The smallest absolute Gasteiger partial charge is 0.250 e.